The number of hydrogen-bond acceptors (Lipinski definition) is 2. The van der Waals surface area contributed by atoms with Crippen LogP contribution in [-0.2, 0) is 0 Å². The van der Waals surface area contributed by atoms with Crippen LogP contribution in [-0.4, -0.2) is 30.4 Å². The summed E-state index contributed by atoms with van der Waals surface area (Å²) in [6, 6.07) is 9.53. The summed E-state index contributed by atoms with van der Waals surface area (Å²) in [5.74, 6) is 0.146. The quantitative estimate of drug-likeness (QED) is 0.817. The fourth-order valence-electron chi connectivity index (χ4n) is 3.05. The summed E-state index contributed by atoms with van der Waals surface area (Å²) in [7, 11) is 0. The Morgan fingerprint density at radius 1 is 1.28 bits per heavy atom. The Balaban J connectivity index is 1.77. The second kappa shape index (κ2) is 4.16. The minimum Gasteiger partial charge on any atom is -0.388 e. The molecule has 94 valence electrons. The molecule has 2 saturated heterocycles. The van der Waals surface area contributed by atoms with Crippen LogP contribution in [0.15, 0.2) is 42.6 Å². The average molecular weight is 242 g/mol. The van der Waals surface area contributed by atoms with Crippen LogP contribution in [0.2, 0.25) is 0 Å². The SMILES string of the molecule is C=C1NCCC12CCN(C(=O)c1ccccc1)C2. The molecule has 2 aliphatic rings. The molecule has 1 N–H and O–H groups in total. The number of carbonyl (C=O) groups excluding carboxylic acids is 1. The van der Waals surface area contributed by atoms with E-state index in [0.29, 0.717) is 0 Å². The molecule has 0 saturated carbocycles. The standard InChI is InChI=1S/C15H18N2O/c1-12-15(7-9-16-12)8-10-17(11-15)14(18)13-5-3-2-4-6-13/h2-6,16H,1,7-11H2. The van der Waals surface area contributed by atoms with Crippen LogP contribution in [0.4, 0.5) is 0 Å². The fourth-order valence-corrected chi connectivity index (χ4v) is 3.05. The van der Waals surface area contributed by atoms with E-state index in [9.17, 15) is 4.79 Å². The predicted molar refractivity (Wildman–Crippen MR) is 71.2 cm³/mol. The lowest BCUT2D eigenvalue weighted by molar-refractivity contribution is 0.0779. The van der Waals surface area contributed by atoms with E-state index in [1.54, 1.807) is 0 Å². The first-order chi connectivity index (χ1) is 8.71. The minimum atomic E-state index is 0.129. The van der Waals surface area contributed by atoms with Crippen LogP contribution >= 0.6 is 0 Å². The van der Waals surface area contributed by atoms with Crippen LogP contribution in [0.3, 0.4) is 0 Å². The molecule has 3 nitrogen and oxygen atoms in total. The third-order valence-corrected chi connectivity index (χ3v) is 4.24. The molecular weight excluding hydrogens is 224 g/mol. The minimum absolute atomic E-state index is 0.129. The van der Waals surface area contributed by atoms with Crippen molar-refractivity contribution in [3.63, 3.8) is 0 Å². The van der Waals surface area contributed by atoms with Gasteiger partial charge in [-0.3, -0.25) is 4.79 Å². The van der Waals surface area contributed by atoms with Crippen molar-refractivity contribution in [2.45, 2.75) is 12.8 Å². The predicted octanol–water partition coefficient (Wildman–Crippen LogP) is 2.03. The molecule has 18 heavy (non-hydrogen) atoms. The van der Waals surface area contributed by atoms with Gasteiger partial charge in [-0.2, -0.15) is 0 Å². The van der Waals surface area contributed by atoms with Gasteiger partial charge >= 0.3 is 0 Å². The van der Waals surface area contributed by atoms with E-state index in [1.165, 1.54) is 0 Å². The summed E-state index contributed by atoms with van der Waals surface area (Å²) < 4.78 is 0. The lowest BCUT2D eigenvalue weighted by Gasteiger charge is -2.24. The van der Waals surface area contributed by atoms with Gasteiger partial charge in [-0.25, -0.2) is 0 Å². The monoisotopic (exact) mass is 242 g/mol. The van der Waals surface area contributed by atoms with Gasteiger partial charge in [-0.15, -0.1) is 0 Å². The summed E-state index contributed by atoms with van der Waals surface area (Å²) in [5.41, 5.74) is 2.03. The van der Waals surface area contributed by atoms with Crippen molar-refractivity contribution in [2.24, 2.45) is 5.41 Å². The molecule has 0 aliphatic carbocycles. The van der Waals surface area contributed by atoms with Gasteiger partial charge in [0.05, 0.1) is 0 Å². The molecule has 1 unspecified atom stereocenters. The molecule has 3 heteroatoms. The van der Waals surface area contributed by atoms with Crippen LogP contribution in [0, 0.1) is 5.41 Å². The molecule has 1 aromatic carbocycles. The second-order valence-electron chi connectivity index (χ2n) is 5.28. The Bertz CT molecular complexity index is 483. The van der Waals surface area contributed by atoms with Gasteiger partial charge < -0.3 is 10.2 Å². The van der Waals surface area contributed by atoms with Crippen LogP contribution in [0.1, 0.15) is 23.2 Å². The third-order valence-electron chi connectivity index (χ3n) is 4.24. The van der Waals surface area contributed by atoms with Crippen molar-refractivity contribution in [2.75, 3.05) is 19.6 Å². The maximum Gasteiger partial charge on any atom is 0.253 e. The molecule has 2 fully saturated rings. The van der Waals surface area contributed by atoms with Gasteiger partial charge in [0.15, 0.2) is 0 Å². The smallest absolute Gasteiger partial charge is 0.253 e. The van der Waals surface area contributed by atoms with Gasteiger partial charge in [0.25, 0.3) is 5.91 Å². The van der Waals surface area contributed by atoms with Crippen molar-refractivity contribution < 1.29 is 4.79 Å². The number of carbonyl (C=O) groups is 1. The molecule has 2 heterocycles. The van der Waals surface area contributed by atoms with Crippen molar-refractivity contribution in [3.05, 3.63) is 48.2 Å². The number of nitrogens with one attached hydrogen (secondary N) is 1. The van der Waals surface area contributed by atoms with Gasteiger partial charge in [0.2, 0.25) is 0 Å². The van der Waals surface area contributed by atoms with Crippen LogP contribution in [0.5, 0.6) is 0 Å². The summed E-state index contributed by atoms with van der Waals surface area (Å²) in [5, 5.41) is 3.32. The molecular formula is C15H18N2O. The number of rotatable bonds is 1. The first-order valence-corrected chi connectivity index (χ1v) is 6.49. The number of nitrogens with zero attached hydrogens (tertiary/aromatic N) is 1. The molecule has 3 rings (SSSR count). The molecule has 1 aromatic rings. The van der Waals surface area contributed by atoms with Crippen molar-refractivity contribution in [1.29, 1.82) is 0 Å². The summed E-state index contributed by atoms with van der Waals surface area (Å²) in [6.07, 6.45) is 2.14. The molecule has 0 radical (unpaired) electrons. The molecule has 0 bridgehead atoms. The molecule has 1 atom stereocenters. The van der Waals surface area contributed by atoms with E-state index < -0.39 is 0 Å². The Hall–Kier alpha value is -1.77. The second-order valence-corrected chi connectivity index (χ2v) is 5.28. The zero-order chi connectivity index (χ0) is 12.6. The Morgan fingerprint density at radius 3 is 2.72 bits per heavy atom. The lowest BCUT2D eigenvalue weighted by atomic mass is 9.84. The topological polar surface area (TPSA) is 32.3 Å². The first kappa shape index (κ1) is 11.3. The summed E-state index contributed by atoms with van der Waals surface area (Å²) in [6.45, 7) is 6.75. The number of likely N-dealkylation sites (tertiary alicyclic amines) is 1. The Kier molecular flexibility index (Phi) is 2.62. The third kappa shape index (κ3) is 1.70. The summed E-state index contributed by atoms with van der Waals surface area (Å²) >= 11 is 0. The number of benzene rings is 1. The normalized spacial score (nSPS) is 26.7. The maximum absolute atomic E-state index is 12.4. The van der Waals surface area contributed by atoms with Gasteiger partial charge in [-0.05, 0) is 25.0 Å². The number of hydrogen-bond donors (Lipinski definition) is 1. The highest BCUT2D eigenvalue weighted by Gasteiger charge is 2.44. The van der Waals surface area contributed by atoms with E-state index >= 15 is 0 Å². The van der Waals surface area contributed by atoms with Gasteiger partial charge in [0, 0.05) is 36.3 Å². The zero-order valence-corrected chi connectivity index (χ0v) is 10.5. The number of amides is 1. The van der Waals surface area contributed by atoms with E-state index in [2.05, 4.69) is 11.9 Å². The maximum atomic E-state index is 12.4. The van der Waals surface area contributed by atoms with Crippen LogP contribution in [0.25, 0.3) is 0 Å². The van der Waals surface area contributed by atoms with Crippen molar-refractivity contribution in [3.8, 4) is 0 Å². The van der Waals surface area contributed by atoms with Gasteiger partial charge in [0.1, 0.15) is 0 Å². The Labute approximate surface area is 107 Å². The highest BCUT2D eigenvalue weighted by Crippen LogP contribution is 2.42. The van der Waals surface area contributed by atoms with E-state index in [4.69, 9.17) is 0 Å². The van der Waals surface area contributed by atoms with Crippen LogP contribution < -0.4 is 5.32 Å². The van der Waals surface area contributed by atoms with Gasteiger partial charge in [-0.1, -0.05) is 24.8 Å². The lowest BCUT2D eigenvalue weighted by Crippen LogP contribution is -2.32. The largest absolute Gasteiger partial charge is 0.388 e. The van der Waals surface area contributed by atoms with Crippen molar-refractivity contribution >= 4 is 5.91 Å². The van der Waals surface area contributed by atoms with E-state index in [1.807, 2.05) is 35.2 Å². The van der Waals surface area contributed by atoms with E-state index in [-0.39, 0.29) is 11.3 Å². The molecule has 1 spiro atoms. The fraction of sp³-hybridized carbons (Fsp3) is 0.400. The zero-order valence-electron chi connectivity index (χ0n) is 10.5. The molecule has 1 amide bonds. The molecule has 2 aliphatic heterocycles. The first-order valence-electron chi connectivity index (χ1n) is 6.49. The average Bonchev–Trinajstić information content (AvgIpc) is 2.99. The summed E-state index contributed by atoms with van der Waals surface area (Å²) in [4.78, 5) is 14.3. The highest BCUT2D eigenvalue weighted by atomic mass is 16.2. The molecule has 0 aromatic heterocycles. The Morgan fingerprint density at radius 2 is 2.06 bits per heavy atom. The van der Waals surface area contributed by atoms with E-state index in [0.717, 1.165) is 43.7 Å². The highest BCUT2D eigenvalue weighted by molar-refractivity contribution is 5.94. The van der Waals surface area contributed by atoms with Crippen molar-refractivity contribution in [1.82, 2.24) is 10.2 Å².